The average molecular weight is 415 g/mol. The number of aliphatic hydroxyl groups excluding tert-OH is 1. The minimum atomic E-state index is -3.44. The summed E-state index contributed by atoms with van der Waals surface area (Å²) in [7, 11) is -3.44. The molecule has 0 aromatic heterocycles. The van der Waals surface area contributed by atoms with Crippen LogP contribution in [0.3, 0.4) is 0 Å². The first kappa shape index (κ1) is 23.9. The highest BCUT2D eigenvalue weighted by molar-refractivity contribution is 7.89. The number of benzene rings is 1. The van der Waals surface area contributed by atoms with Gasteiger partial charge in [0.05, 0.1) is 5.75 Å². The van der Waals surface area contributed by atoms with Crippen LogP contribution in [0.15, 0.2) is 24.3 Å². The molecule has 0 radical (unpaired) electrons. The van der Waals surface area contributed by atoms with Crippen molar-refractivity contribution in [3.05, 3.63) is 30.1 Å². The number of aliphatic hydroxyl groups is 1. The fourth-order valence-corrected chi connectivity index (χ4v) is 3.15. The van der Waals surface area contributed by atoms with Gasteiger partial charge in [-0.25, -0.2) is 17.5 Å². The summed E-state index contributed by atoms with van der Waals surface area (Å²) < 4.78 is 44.1. The van der Waals surface area contributed by atoms with Crippen LogP contribution in [0, 0.1) is 17.7 Å². The monoisotopic (exact) mass is 415 g/mol. The minimum Gasteiger partial charge on any atom is -0.490 e. The van der Waals surface area contributed by atoms with E-state index in [1.54, 1.807) is 0 Å². The number of carbonyl (C=O) groups is 1. The molecule has 0 amide bonds. The number of carboxylic acids is 1. The summed E-state index contributed by atoms with van der Waals surface area (Å²) in [5, 5.41) is 18.2. The van der Waals surface area contributed by atoms with E-state index in [9.17, 15) is 22.7 Å². The maximum Gasteiger partial charge on any atom is 0.303 e. The van der Waals surface area contributed by atoms with Gasteiger partial charge in [-0.1, -0.05) is 24.7 Å². The van der Waals surface area contributed by atoms with Crippen LogP contribution >= 0.6 is 0 Å². The number of hydrogen-bond donors (Lipinski definition) is 3. The molecule has 0 aliphatic carbocycles. The van der Waals surface area contributed by atoms with Gasteiger partial charge in [0.15, 0.2) is 0 Å². The van der Waals surface area contributed by atoms with E-state index in [0.29, 0.717) is 25.1 Å². The Kier molecular flexibility index (Phi) is 11.2. The molecule has 3 N–H and O–H groups in total. The van der Waals surface area contributed by atoms with Crippen LogP contribution in [0.4, 0.5) is 4.39 Å². The molecule has 0 heterocycles. The lowest BCUT2D eigenvalue weighted by Crippen LogP contribution is -2.27. The Hall–Kier alpha value is -2.15. The smallest absolute Gasteiger partial charge is 0.303 e. The molecule has 0 fully saturated rings. The molecule has 1 rings (SSSR count). The highest BCUT2D eigenvalue weighted by Crippen LogP contribution is 2.11. The molecular weight excluding hydrogens is 389 g/mol. The maximum absolute atomic E-state index is 12.8. The molecule has 1 aromatic rings. The number of aliphatic carboxylic acids is 1. The molecule has 1 atom stereocenters. The van der Waals surface area contributed by atoms with Gasteiger partial charge < -0.3 is 14.9 Å². The summed E-state index contributed by atoms with van der Waals surface area (Å²) in [6, 6.07) is 5.34. The van der Waals surface area contributed by atoms with E-state index >= 15 is 0 Å². The van der Waals surface area contributed by atoms with Crippen LogP contribution in [-0.2, 0) is 14.8 Å². The highest BCUT2D eigenvalue weighted by Gasteiger charge is 2.08. The molecule has 1 unspecified atom stereocenters. The van der Waals surface area contributed by atoms with Crippen molar-refractivity contribution in [1.29, 1.82) is 0 Å². The molecule has 0 aliphatic heterocycles. The van der Waals surface area contributed by atoms with Gasteiger partial charge in [0.25, 0.3) is 0 Å². The zero-order valence-electron chi connectivity index (χ0n) is 15.6. The van der Waals surface area contributed by atoms with E-state index in [4.69, 9.17) is 9.84 Å². The van der Waals surface area contributed by atoms with Crippen molar-refractivity contribution in [2.24, 2.45) is 0 Å². The second-order valence-electron chi connectivity index (χ2n) is 6.12. The third kappa shape index (κ3) is 12.3. The summed E-state index contributed by atoms with van der Waals surface area (Å²) in [6.45, 7) is 0.197. The summed E-state index contributed by atoms with van der Waals surface area (Å²) in [5.74, 6) is 4.11. The van der Waals surface area contributed by atoms with Crippen molar-refractivity contribution in [2.75, 3.05) is 18.9 Å². The number of halogens is 1. The van der Waals surface area contributed by atoms with Crippen LogP contribution in [0.25, 0.3) is 0 Å². The first-order chi connectivity index (χ1) is 13.3. The Morgan fingerprint density at radius 2 is 1.86 bits per heavy atom. The van der Waals surface area contributed by atoms with Crippen LogP contribution in [-0.4, -0.2) is 49.6 Å². The van der Waals surface area contributed by atoms with Gasteiger partial charge in [-0.05, 0) is 37.1 Å². The molecule has 1 aromatic carbocycles. The Bertz CT molecular complexity index is 755. The van der Waals surface area contributed by atoms with Crippen LogP contribution in [0.5, 0.6) is 5.75 Å². The number of nitrogens with one attached hydrogen (secondary N) is 1. The van der Waals surface area contributed by atoms with Gasteiger partial charge in [0, 0.05) is 19.4 Å². The predicted octanol–water partition coefficient (Wildman–Crippen LogP) is 1.91. The van der Waals surface area contributed by atoms with Gasteiger partial charge in [-0.15, -0.1) is 0 Å². The first-order valence-electron chi connectivity index (χ1n) is 9.02. The Morgan fingerprint density at radius 3 is 2.54 bits per heavy atom. The van der Waals surface area contributed by atoms with Crippen LogP contribution in [0.2, 0.25) is 0 Å². The zero-order valence-corrected chi connectivity index (χ0v) is 16.4. The lowest BCUT2D eigenvalue weighted by molar-refractivity contribution is -0.137. The maximum atomic E-state index is 12.8. The lowest BCUT2D eigenvalue weighted by atomic mass is 10.1. The van der Waals surface area contributed by atoms with Crippen molar-refractivity contribution in [1.82, 2.24) is 4.72 Å². The van der Waals surface area contributed by atoms with E-state index in [-0.39, 0.29) is 31.0 Å². The van der Waals surface area contributed by atoms with Crippen molar-refractivity contribution in [3.63, 3.8) is 0 Å². The summed E-state index contributed by atoms with van der Waals surface area (Å²) in [5.41, 5.74) is 0. The quantitative estimate of drug-likeness (QED) is 0.335. The van der Waals surface area contributed by atoms with E-state index in [1.165, 1.54) is 24.3 Å². The van der Waals surface area contributed by atoms with Gasteiger partial charge in [0.1, 0.15) is 24.3 Å². The number of unbranched alkanes of at least 4 members (excludes halogenated alkanes) is 3. The fraction of sp³-hybridized carbons (Fsp3) is 0.526. The summed E-state index contributed by atoms with van der Waals surface area (Å²) in [6.07, 6.45) is 1.86. The first-order valence-corrected chi connectivity index (χ1v) is 10.7. The lowest BCUT2D eigenvalue weighted by Gasteiger charge is -2.07. The van der Waals surface area contributed by atoms with Gasteiger partial charge in [0.2, 0.25) is 10.0 Å². The Labute approximate surface area is 165 Å². The fourth-order valence-electron chi connectivity index (χ4n) is 2.18. The standard InChI is InChI=1S/C19H26FNO6S/c20-16-9-11-18(12-10-16)27-15-17(22)7-4-6-14-28(25,26)21-13-5-2-1-3-8-19(23)24/h9-12,17,21-22H,1-3,5-6,8,13-15H2,(H,23,24). The molecular formula is C19H26FNO6S. The van der Waals surface area contributed by atoms with Gasteiger partial charge >= 0.3 is 5.97 Å². The van der Waals surface area contributed by atoms with Crippen molar-refractivity contribution in [2.45, 2.75) is 44.6 Å². The van der Waals surface area contributed by atoms with Crippen molar-refractivity contribution in [3.8, 4) is 17.6 Å². The largest absolute Gasteiger partial charge is 0.490 e. The highest BCUT2D eigenvalue weighted by atomic mass is 32.2. The molecule has 0 saturated carbocycles. The molecule has 0 saturated heterocycles. The second-order valence-corrected chi connectivity index (χ2v) is 8.05. The molecule has 9 heteroatoms. The minimum absolute atomic E-state index is 0.0710. The number of hydrogen-bond acceptors (Lipinski definition) is 5. The molecule has 0 spiro atoms. The predicted molar refractivity (Wildman–Crippen MR) is 103 cm³/mol. The van der Waals surface area contributed by atoms with Crippen LogP contribution < -0.4 is 9.46 Å². The second kappa shape index (κ2) is 13.1. The number of sulfonamides is 1. The molecule has 156 valence electrons. The van der Waals surface area contributed by atoms with Crippen molar-refractivity contribution >= 4 is 16.0 Å². The third-order valence-corrected chi connectivity index (χ3v) is 5.01. The normalized spacial score (nSPS) is 12.1. The molecule has 7 nitrogen and oxygen atoms in total. The molecule has 0 bridgehead atoms. The SMILES string of the molecule is O=C(O)CCCCCCNS(=O)(=O)CCC#CC(O)COc1ccc(F)cc1. The van der Waals surface area contributed by atoms with E-state index in [0.717, 1.165) is 12.8 Å². The third-order valence-electron chi connectivity index (χ3n) is 3.63. The summed E-state index contributed by atoms with van der Waals surface area (Å²) in [4.78, 5) is 10.4. The van der Waals surface area contributed by atoms with Gasteiger partial charge in [-0.3, -0.25) is 4.79 Å². The number of rotatable bonds is 13. The van der Waals surface area contributed by atoms with E-state index < -0.39 is 22.1 Å². The Balaban J connectivity index is 2.15. The topological polar surface area (TPSA) is 113 Å². The Morgan fingerprint density at radius 1 is 1.18 bits per heavy atom. The number of carboxylic acid groups (broad SMARTS) is 1. The summed E-state index contributed by atoms with van der Waals surface area (Å²) >= 11 is 0. The molecule has 28 heavy (non-hydrogen) atoms. The van der Waals surface area contributed by atoms with Crippen molar-refractivity contribution < 1.29 is 32.6 Å². The zero-order chi connectivity index (χ0) is 20.8. The average Bonchev–Trinajstić information content (AvgIpc) is 2.64. The van der Waals surface area contributed by atoms with Crippen LogP contribution in [0.1, 0.15) is 38.5 Å². The number of ether oxygens (including phenoxy) is 1. The van der Waals surface area contributed by atoms with E-state index in [2.05, 4.69) is 16.6 Å². The van der Waals surface area contributed by atoms with Gasteiger partial charge in [-0.2, -0.15) is 0 Å². The van der Waals surface area contributed by atoms with E-state index in [1.807, 2.05) is 0 Å². The molecule has 0 aliphatic rings.